The Morgan fingerprint density at radius 1 is 1.38 bits per heavy atom. The van der Waals surface area contributed by atoms with Crippen LogP contribution in [0.5, 0.6) is 5.75 Å². The predicted molar refractivity (Wildman–Crippen MR) is 78.9 cm³/mol. The lowest BCUT2D eigenvalue weighted by atomic mass is 9.68. The summed E-state index contributed by atoms with van der Waals surface area (Å²) < 4.78 is 16.2. The fourth-order valence-corrected chi connectivity index (χ4v) is 4.09. The monoisotopic (exact) mass is 332 g/mol. The second-order valence-corrected chi connectivity index (χ2v) is 6.41. The number of phenolic OH excluding ortho intramolecular Hbond substituents is 1. The van der Waals surface area contributed by atoms with Crippen molar-refractivity contribution < 1.29 is 33.7 Å². The van der Waals surface area contributed by atoms with Crippen molar-refractivity contribution in [3.8, 4) is 5.75 Å². The molecular weight excluding hydrogens is 316 g/mol. The van der Waals surface area contributed by atoms with E-state index in [1.807, 2.05) is 0 Å². The van der Waals surface area contributed by atoms with Crippen molar-refractivity contribution in [2.45, 2.75) is 43.2 Å². The van der Waals surface area contributed by atoms with E-state index in [0.717, 1.165) is 0 Å². The number of benzene rings is 1. The summed E-state index contributed by atoms with van der Waals surface area (Å²) in [6.45, 7) is 1.64. The number of methoxy groups -OCH3 is 1. The molecule has 2 aliphatic heterocycles. The van der Waals surface area contributed by atoms with Gasteiger partial charge in [-0.2, -0.15) is 0 Å². The van der Waals surface area contributed by atoms with Gasteiger partial charge in [-0.1, -0.05) is 12.1 Å². The third-order valence-corrected chi connectivity index (χ3v) is 5.22. The van der Waals surface area contributed by atoms with E-state index >= 15 is 0 Å². The molecule has 0 radical (unpaired) electrons. The third-order valence-electron chi connectivity index (χ3n) is 5.22. The summed E-state index contributed by atoms with van der Waals surface area (Å²) in [4.78, 5) is 37.5. The van der Waals surface area contributed by atoms with E-state index in [9.17, 15) is 19.5 Å². The molecule has 0 bridgehead atoms. The first-order valence-corrected chi connectivity index (χ1v) is 7.71. The average Bonchev–Trinajstić information content (AvgIpc) is 3.25. The van der Waals surface area contributed by atoms with Crippen molar-refractivity contribution >= 4 is 17.5 Å². The van der Waals surface area contributed by atoms with Gasteiger partial charge in [-0.05, 0) is 13.0 Å². The number of ether oxygens (including phenoxy) is 3. The molecule has 2 heterocycles. The van der Waals surface area contributed by atoms with Gasteiger partial charge >= 0.3 is 5.97 Å². The first kappa shape index (κ1) is 15.3. The molecule has 0 unspecified atom stereocenters. The standard InChI is InChI=1S/C17H16O7/c1-8-17-15(21)13-10(4-3-5-11(13)18)14(20)16(17,24-17)7-9(23-8)6-12(19)22-2/h3-5,8-9,18H,6-7H2,1-2H3/t8-,9-,16-,17-/m0/s1. The lowest BCUT2D eigenvalue weighted by Crippen LogP contribution is -2.57. The molecule has 126 valence electrons. The Balaban J connectivity index is 1.78. The summed E-state index contributed by atoms with van der Waals surface area (Å²) in [5.41, 5.74) is -2.60. The van der Waals surface area contributed by atoms with Gasteiger partial charge in [-0.25, -0.2) is 0 Å². The van der Waals surface area contributed by atoms with Gasteiger partial charge in [0, 0.05) is 12.0 Å². The number of rotatable bonds is 2. The molecule has 0 spiro atoms. The fourth-order valence-electron chi connectivity index (χ4n) is 4.09. The SMILES string of the molecule is COC(=O)C[C@H]1C[C@@]23O[C@]2(C(=O)c2c(O)cccc2C3=O)[C@H](C)O1. The topological polar surface area (TPSA) is 102 Å². The van der Waals surface area contributed by atoms with Crippen LogP contribution in [0.4, 0.5) is 0 Å². The zero-order valence-electron chi connectivity index (χ0n) is 13.2. The highest BCUT2D eigenvalue weighted by Crippen LogP contribution is 2.63. The fraction of sp³-hybridized carbons (Fsp3) is 0.471. The molecular formula is C17H16O7. The van der Waals surface area contributed by atoms with E-state index in [1.165, 1.54) is 25.3 Å². The molecule has 0 saturated carbocycles. The normalized spacial score (nSPS) is 36.4. The number of carbonyl (C=O) groups is 3. The second-order valence-electron chi connectivity index (χ2n) is 6.41. The number of esters is 1. The largest absolute Gasteiger partial charge is 0.507 e. The van der Waals surface area contributed by atoms with Crippen LogP contribution in [-0.4, -0.2) is 53.2 Å². The maximum Gasteiger partial charge on any atom is 0.308 e. The third kappa shape index (κ3) is 1.61. The lowest BCUT2D eigenvalue weighted by molar-refractivity contribution is -0.146. The summed E-state index contributed by atoms with van der Waals surface area (Å²) in [7, 11) is 1.28. The summed E-state index contributed by atoms with van der Waals surface area (Å²) >= 11 is 0. The Hall–Kier alpha value is -2.25. The van der Waals surface area contributed by atoms with Gasteiger partial charge in [0.15, 0.2) is 17.0 Å². The number of ketones is 2. The highest BCUT2D eigenvalue weighted by Gasteiger charge is 2.85. The molecule has 1 aromatic carbocycles. The molecule has 24 heavy (non-hydrogen) atoms. The van der Waals surface area contributed by atoms with Crippen LogP contribution < -0.4 is 0 Å². The van der Waals surface area contributed by atoms with E-state index in [0.29, 0.717) is 0 Å². The number of Topliss-reactive ketones (excluding diaryl/α,β-unsaturated/α-hetero) is 2. The Morgan fingerprint density at radius 2 is 2.12 bits per heavy atom. The van der Waals surface area contributed by atoms with Crippen LogP contribution in [0.15, 0.2) is 18.2 Å². The molecule has 7 heteroatoms. The highest BCUT2D eigenvalue weighted by molar-refractivity contribution is 6.26. The quantitative estimate of drug-likeness (QED) is 0.637. The number of hydrogen-bond acceptors (Lipinski definition) is 7. The van der Waals surface area contributed by atoms with Gasteiger partial charge in [0.25, 0.3) is 0 Å². The Bertz CT molecular complexity index is 785. The van der Waals surface area contributed by atoms with Gasteiger partial charge in [0.05, 0.1) is 31.3 Å². The smallest absolute Gasteiger partial charge is 0.308 e. The molecule has 3 aliphatic rings. The molecule has 4 atom stereocenters. The predicted octanol–water partition coefficient (Wildman–Crippen LogP) is 1.02. The van der Waals surface area contributed by atoms with E-state index in [1.54, 1.807) is 6.92 Å². The molecule has 1 N–H and O–H groups in total. The van der Waals surface area contributed by atoms with Crippen molar-refractivity contribution in [1.29, 1.82) is 0 Å². The van der Waals surface area contributed by atoms with Crippen LogP contribution in [0, 0.1) is 0 Å². The number of aromatic hydroxyl groups is 1. The van der Waals surface area contributed by atoms with Gasteiger partial charge < -0.3 is 19.3 Å². The summed E-state index contributed by atoms with van der Waals surface area (Å²) in [5.74, 6) is -1.49. The maximum absolute atomic E-state index is 13.0. The number of carbonyl (C=O) groups excluding carboxylic acids is 3. The van der Waals surface area contributed by atoms with E-state index in [2.05, 4.69) is 4.74 Å². The number of epoxide rings is 1. The minimum atomic E-state index is -1.41. The van der Waals surface area contributed by atoms with Crippen molar-refractivity contribution in [3.63, 3.8) is 0 Å². The zero-order chi connectivity index (χ0) is 17.3. The van der Waals surface area contributed by atoms with Gasteiger partial charge in [0.1, 0.15) is 5.75 Å². The minimum Gasteiger partial charge on any atom is -0.507 e. The molecule has 1 aromatic rings. The van der Waals surface area contributed by atoms with Crippen LogP contribution in [0.25, 0.3) is 0 Å². The molecule has 2 fully saturated rings. The van der Waals surface area contributed by atoms with E-state index < -0.39 is 35.2 Å². The van der Waals surface area contributed by atoms with Crippen LogP contribution in [0.2, 0.25) is 0 Å². The van der Waals surface area contributed by atoms with E-state index in [4.69, 9.17) is 9.47 Å². The summed E-state index contributed by atoms with van der Waals surface area (Å²) in [6, 6.07) is 4.38. The lowest BCUT2D eigenvalue weighted by Gasteiger charge is -2.36. The van der Waals surface area contributed by atoms with Gasteiger partial charge in [-0.3, -0.25) is 14.4 Å². The van der Waals surface area contributed by atoms with Gasteiger partial charge in [0.2, 0.25) is 5.78 Å². The second kappa shape index (κ2) is 4.64. The van der Waals surface area contributed by atoms with Crippen molar-refractivity contribution in [2.75, 3.05) is 7.11 Å². The molecule has 0 aromatic heterocycles. The number of phenols is 1. The zero-order valence-corrected chi connectivity index (χ0v) is 13.2. The molecule has 7 nitrogen and oxygen atoms in total. The van der Waals surface area contributed by atoms with Crippen LogP contribution in [0.1, 0.15) is 40.5 Å². The number of hydrogen-bond donors (Lipinski definition) is 1. The first-order chi connectivity index (χ1) is 11.4. The summed E-state index contributed by atoms with van der Waals surface area (Å²) in [5, 5.41) is 10.0. The maximum atomic E-state index is 13.0. The van der Waals surface area contributed by atoms with Gasteiger partial charge in [-0.15, -0.1) is 0 Å². The Kier molecular flexibility index (Phi) is 2.96. The van der Waals surface area contributed by atoms with Crippen LogP contribution >= 0.6 is 0 Å². The molecule has 2 saturated heterocycles. The highest BCUT2D eigenvalue weighted by atomic mass is 16.7. The van der Waals surface area contributed by atoms with E-state index in [-0.39, 0.29) is 35.5 Å². The van der Waals surface area contributed by atoms with Crippen molar-refractivity contribution in [2.24, 2.45) is 0 Å². The minimum absolute atomic E-state index is 0.0162. The van der Waals surface area contributed by atoms with Crippen LogP contribution in [-0.2, 0) is 19.0 Å². The molecule has 1 aliphatic carbocycles. The molecule has 4 rings (SSSR count). The summed E-state index contributed by atoms with van der Waals surface area (Å²) in [6.07, 6.45) is -1.20. The Labute approximate surface area is 137 Å². The van der Waals surface area contributed by atoms with Crippen molar-refractivity contribution in [1.82, 2.24) is 0 Å². The average molecular weight is 332 g/mol. The Morgan fingerprint density at radius 3 is 2.83 bits per heavy atom. The van der Waals surface area contributed by atoms with Crippen molar-refractivity contribution in [3.05, 3.63) is 29.3 Å². The first-order valence-electron chi connectivity index (χ1n) is 7.71. The van der Waals surface area contributed by atoms with Crippen LogP contribution in [0.3, 0.4) is 0 Å². The molecule has 0 amide bonds. The number of fused-ring (bicyclic) bond motifs is 1.